The number of nitrogens with zero attached hydrogens (tertiary/aromatic N) is 2. The van der Waals surface area contributed by atoms with E-state index in [1.807, 2.05) is 25.9 Å². The van der Waals surface area contributed by atoms with Crippen molar-refractivity contribution in [2.45, 2.75) is 52.1 Å². The van der Waals surface area contributed by atoms with Crippen molar-refractivity contribution in [1.82, 2.24) is 10.2 Å². The van der Waals surface area contributed by atoms with Crippen molar-refractivity contribution >= 4 is 29.9 Å². The number of rotatable bonds is 7. The van der Waals surface area contributed by atoms with Gasteiger partial charge in [-0.2, -0.15) is 0 Å². The Hall–Kier alpha value is -0.0400. The summed E-state index contributed by atoms with van der Waals surface area (Å²) in [7, 11) is 3.92. The molecule has 0 saturated heterocycles. The highest BCUT2D eigenvalue weighted by Gasteiger charge is 2.24. The molecule has 0 aliphatic rings. The second-order valence-electron chi connectivity index (χ2n) is 4.79. The molecule has 4 nitrogen and oxygen atoms in total. The van der Waals surface area contributed by atoms with Crippen LogP contribution < -0.4 is 5.32 Å². The molecule has 0 aromatic heterocycles. The van der Waals surface area contributed by atoms with Crippen LogP contribution in [0.4, 0.5) is 0 Å². The average molecular weight is 371 g/mol. The molecule has 110 valence electrons. The maximum atomic E-state index is 10.5. The Morgan fingerprint density at radius 3 is 2.00 bits per heavy atom. The van der Waals surface area contributed by atoms with E-state index in [1.54, 1.807) is 0 Å². The van der Waals surface area contributed by atoms with Crippen LogP contribution in [0.1, 0.15) is 46.5 Å². The zero-order chi connectivity index (χ0) is 13.3. The lowest BCUT2D eigenvalue weighted by molar-refractivity contribution is 0.0304. The first-order valence-corrected chi connectivity index (χ1v) is 6.67. The van der Waals surface area contributed by atoms with E-state index in [0.717, 1.165) is 38.2 Å². The molecule has 2 N–H and O–H groups in total. The molecule has 0 aromatic carbocycles. The topological polar surface area (TPSA) is 47.9 Å². The van der Waals surface area contributed by atoms with Crippen LogP contribution in [0, 0.1) is 0 Å². The third-order valence-corrected chi connectivity index (χ3v) is 2.71. The number of aliphatic imine (C=N–C) groups is 1. The number of nitrogens with one attached hydrogen (secondary N) is 1. The predicted molar refractivity (Wildman–Crippen MR) is 89.8 cm³/mol. The molecule has 0 aromatic rings. The van der Waals surface area contributed by atoms with E-state index in [1.165, 1.54) is 0 Å². The standard InChI is InChI=1S/C13H29N3O.HI/c1-6-9-13(17,10-7-2)11-15-12(14-8-3)16(4)5;/h17H,6-11H2,1-5H3,(H,14,15);1H. The summed E-state index contributed by atoms with van der Waals surface area (Å²) in [4.78, 5) is 6.45. The summed E-state index contributed by atoms with van der Waals surface area (Å²) in [5, 5.41) is 13.7. The Balaban J connectivity index is 0. The fourth-order valence-corrected chi connectivity index (χ4v) is 1.95. The number of aliphatic hydroxyl groups is 1. The Bertz CT molecular complexity index is 226. The minimum Gasteiger partial charge on any atom is -0.388 e. The second-order valence-corrected chi connectivity index (χ2v) is 4.79. The zero-order valence-electron chi connectivity index (χ0n) is 12.5. The van der Waals surface area contributed by atoms with Crippen LogP contribution in [0.3, 0.4) is 0 Å². The molecule has 0 amide bonds. The first-order valence-electron chi connectivity index (χ1n) is 6.67. The lowest BCUT2D eigenvalue weighted by Gasteiger charge is -2.26. The summed E-state index contributed by atoms with van der Waals surface area (Å²) < 4.78 is 0. The Kier molecular flexibility index (Phi) is 12.2. The van der Waals surface area contributed by atoms with E-state index in [4.69, 9.17) is 0 Å². The number of hydrogen-bond acceptors (Lipinski definition) is 2. The molecule has 0 spiro atoms. The molecule has 18 heavy (non-hydrogen) atoms. The summed E-state index contributed by atoms with van der Waals surface area (Å²) in [5.41, 5.74) is -0.639. The highest BCUT2D eigenvalue weighted by molar-refractivity contribution is 14.0. The minimum atomic E-state index is -0.639. The second kappa shape index (κ2) is 10.8. The van der Waals surface area contributed by atoms with Crippen LogP contribution in [0.2, 0.25) is 0 Å². The van der Waals surface area contributed by atoms with Gasteiger partial charge in [-0.3, -0.25) is 4.99 Å². The van der Waals surface area contributed by atoms with Crippen molar-refractivity contribution in [3.05, 3.63) is 0 Å². The molecule has 0 bridgehead atoms. The van der Waals surface area contributed by atoms with Crippen molar-refractivity contribution in [2.75, 3.05) is 27.2 Å². The molecule has 0 rings (SSSR count). The molecule has 0 aliphatic carbocycles. The van der Waals surface area contributed by atoms with Crippen LogP contribution in [0.25, 0.3) is 0 Å². The first-order chi connectivity index (χ1) is 7.99. The fraction of sp³-hybridized carbons (Fsp3) is 0.923. The summed E-state index contributed by atoms with van der Waals surface area (Å²) in [6, 6.07) is 0. The molecule has 0 aliphatic heterocycles. The Morgan fingerprint density at radius 2 is 1.67 bits per heavy atom. The number of hydrogen-bond donors (Lipinski definition) is 2. The lowest BCUT2D eigenvalue weighted by atomic mass is 9.93. The molecular weight excluding hydrogens is 341 g/mol. The van der Waals surface area contributed by atoms with Crippen LogP contribution in [0.15, 0.2) is 4.99 Å². The summed E-state index contributed by atoms with van der Waals surface area (Å²) >= 11 is 0. The van der Waals surface area contributed by atoms with E-state index < -0.39 is 5.60 Å². The van der Waals surface area contributed by atoms with Gasteiger partial charge in [-0.1, -0.05) is 26.7 Å². The van der Waals surface area contributed by atoms with Gasteiger partial charge >= 0.3 is 0 Å². The van der Waals surface area contributed by atoms with Gasteiger partial charge in [0, 0.05) is 20.6 Å². The van der Waals surface area contributed by atoms with Gasteiger partial charge in [-0.25, -0.2) is 0 Å². The maximum Gasteiger partial charge on any atom is 0.193 e. The molecular formula is C13H30IN3O. The molecule has 0 atom stereocenters. The van der Waals surface area contributed by atoms with E-state index in [0.29, 0.717) is 6.54 Å². The van der Waals surface area contributed by atoms with Gasteiger partial charge in [0.25, 0.3) is 0 Å². The molecule has 0 radical (unpaired) electrons. The lowest BCUT2D eigenvalue weighted by Crippen LogP contribution is -2.39. The van der Waals surface area contributed by atoms with E-state index in [2.05, 4.69) is 24.2 Å². The number of guanidine groups is 1. The highest BCUT2D eigenvalue weighted by atomic mass is 127. The van der Waals surface area contributed by atoms with E-state index in [9.17, 15) is 5.11 Å². The summed E-state index contributed by atoms with van der Waals surface area (Å²) in [6.07, 6.45) is 3.61. The quantitative estimate of drug-likeness (QED) is 0.411. The maximum absolute atomic E-state index is 10.5. The molecule has 0 fully saturated rings. The molecule has 0 unspecified atom stereocenters. The van der Waals surface area contributed by atoms with Gasteiger partial charge in [0.05, 0.1) is 12.1 Å². The normalized spacial score (nSPS) is 12.0. The van der Waals surface area contributed by atoms with Crippen molar-refractivity contribution in [3.8, 4) is 0 Å². The predicted octanol–water partition coefficient (Wildman–Crippen LogP) is 2.46. The van der Waals surface area contributed by atoms with Gasteiger partial charge in [0.15, 0.2) is 5.96 Å². The zero-order valence-corrected chi connectivity index (χ0v) is 14.8. The fourth-order valence-electron chi connectivity index (χ4n) is 1.95. The Morgan fingerprint density at radius 1 is 1.17 bits per heavy atom. The molecule has 0 heterocycles. The van der Waals surface area contributed by atoms with Crippen molar-refractivity contribution in [1.29, 1.82) is 0 Å². The molecule has 0 saturated carbocycles. The third kappa shape index (κ3) is 8.13. The molecule has 5 heteroatoms. The van der Waals surface area contributed by atoms with Crippen molar-refractivity contribution < 1.29 is 5.11 Å². The van der Waals surface area contributed by atoms with Gasteiger partial charge in [0.2, 0.25) is 0 Å². The van der Waals surface area contributed by atoms with Gasteiger partial charge in [-0.05, 0) is 19.8 Å². The smallest absolute Gasteiger partial charge is 0.193 e. The number of halogens is 1. The minimum absolute atomic E-state index is 0. The Labute approximate surface area is 129 Å². The largest absolute Gasteiger partial charge is 0.388 e. The summed E-state index contributed by atoms with van der Waals surface area (Å²) in [5.74, 6) is 0.845. The van der Waals surface area contributed by atoms with Gasteiger partial charge in [0.1, 0.15) is 0 Å². The van der Waals surface area contributed by atoms with Crippen LogP contribution >= 0.6 is 24.0 Å². The van der Waals surface area contributed by atoms with Crippen LogP contribution in [-0.2, 0) is 0 Å². The average Bonchev–Trinajstić information content (AvgIpc) is 2.24. The van der Waals surface area contributed by atoms with E-state index >= 15 is 0 Å². The highest BCUT2D eigenvalue weighted by Crippen LogP contribution is 2.19. The van der Waals surface area contributed by atoms with Gasteiger partial charge in [-0.15, -0.1) is 24.0 Å². The van der Waals surface area contributed by atoms with Crippen LogP contribution in [0.5, 0.6) is 0 Å². The van der Waals surface area contributed by atoms with Gasteiger partial charge < -0.3 is 15.3 Å². The van der Waals surface area contributed by atoms with E-state index in [-0.39, 0.29) is 24.0 Å². The van der Waals surface area contributed by atoms with Crippen molar-refractivity contribution in [3.63, 3.8) is 0 Å². The van der Waals surface area contributed by atoms with Crippen LogP contribution in [-0.4, -0.2) is 48.8 Å². The summed E-state index contributed by atoms with van der Waals surface area (Å²) in [6.45, 7) is 7.57. The third-order valence-electron chi connectivity index (χ3n) is 2.71. The first kappa shape index (κ1) is 20.3. The van der Waals surface area contributed by atoms with Crippen molar-refractivity contribution in [2.24, 2.45) is 4.99 Å². The SMILES string of the molecule is CCCC(O)(CCC)CN=C(NCC)N(C)C.I. The monoisotopic (exact) mass is 371 g/mol.